The minimum atomic E-state index is 0.0450. The number of hydrogen-bond acceptors (Lipinski definition) is 4. The highest BCUT2D eigenvalue weighted by molar-refractivity contribution is 9.10. The fourth-order valence-electron chi connectivity index (χ4n) is 2.38. The Morgan fingerprint density at radius 2 is 2.27 bits per heavy atom. The predicted octanol–water partition coefficient (Wildman–Crippen LogP) is 4.05. The standard InChI is InChI=1S/C16H18BrN3OS/c1-11(2)21-19-16(13-4-3-5-15(17)18-13)20-8-6-14-12(10-20)7-9-22-14/h3-5,7,9,11H,6,8,10H2,1-2H3/b19-16-. The molecule has 0 fully saturated rings. The Morgan fingerprint density at radius 1 is 1.41 bits per heavy atom. The first-order valence-electron chi connectivity index (χ1n) is 7.30. The van der Waals surface area contributed by atoms with Gasteiger partial charge in [0.15, 0.2) is 5.84 Å². The van der Waals surface area contributed by atoms with Crippen LogP contribution in [0.25, 0.3) is 0 Å². The minimum absolute atomic E-state index is 0.0450. The van der Waals surface area contributed by atoms with Crippen molar-refractivity contribution in [1.29, 1.82) is 0 Å². The van der Waals surface area contributed by atoms with Crippen LogP contribution in [-0.2, 0) is 17.8 Å². The Morgan fingerprint density at radius 3 is 3.05 bits per heavy atom. The van der Waals surface area contributed by atoms with Crippen LogP contribution in [0.1, 0.15) is 30.0 Å². The number of hydrogen-bond donors (Lipinski definition) is 0. The van der Waals surface area contributed by atoms with E-state index < -0.39 is 0 Å². The van der Waals surface area contributed by atoms with Crippen LogP contribution in [0.15, 0.2) is 39.4 Å². The summed E-state index contributed by atoms with van der Waals surface area (Å²) in [6, 6.07) is 8.05. The molecule has 2 aromatic heterocycles. The molecule has 6 heteroatoms. The van der Waals surface area contributed by atoms with Crippen molar-refractivity contribution in [3.05, 3.63) is 50.4 Å². The molecule has 116 valence electrons. The van der Waals surface area contributed by atoms with Gasteiger partial charge in [-0.05, 0) is 65.3 Å². The van der Waals surface area contributed by atoms with Crippen molar-refractivity contribution in [1.82, 2.24) is 9.88 Å². The Kier molecular flexibility index (Phi) is 4.78. The molecule has 0 saturated carbocycles. The van der Waals surface area contributed by atoms with E-state index in [1.165, 1.54) is 10.4 Å². The van der Waals surface area contributed by atoms with Gasteiger partial charge in [-0.25, -0.2) is 4.98 Å². The van der Waals surface area contributed by atoms with Crippen molar-refractivity contribution in [2.24, 2.45) is 5.16 Å². The second-order valence-corrected chi connectivity index (χ2v) is 7.27. The van der Waals surface area contributed by atoms with Crippen molar-refractivity contribution < 1.29 is 4.84 Å². The number of halogens is 1. The van der Waals surface area contributed by atoms with E-state index in [0.717, 1.165) is 35.6 Å². The maximum absolute atomic E-state index is 5.51. The summed E-state index contributed by atoms with van der Waals surface area (Å²) in [5, 5.41) is 6.54. The Hall–Kier alpha value is -1.40. The highest BCUT2D eigenvalue weighted by atomic mass is 79.9. The van der Waals surface area contributed by atoms with Gasteiger partial charge in [0, 0.05) is 18.0 Å². The van der Waals surface area contributed by atoms with Gasteiger partial charge in [-0.1, -0.05) is 11.2 Å². The largest absolute Gasteiger partial charge is 0.391 e. The first-order chi connectivity index (χ1) is 10.6. The number of amidine groups is 1. The van der Waals surface area contributed by atoms with Crippen LogP contribution in [-0.4, -0.2) is 28.4 Å². The molecule has 0 aliphatic carbocycles. The normalized spacial score (nSPS) is 15.1. The summed E-state index contributed by atoms with van der Waals surface area (Å²) in [4.78, 5) is 13.8. The minimum Gasteiger partial charge on any atom is -0.391 e. The first-order valence-corrected chi connectivity index (χ1v) is 8.97. The Labute approximate surface area is 142 Å². The third-order valence-corrected chi connectivity index (χ3v) is 4.87. The zero-order chi connectivity index (χ0) is 15.5. The molecule has 0 unspecified atom stereocenters. The first kappa shape index (κ1) is 15.5. The number of pyridine rings is 1. The smallest absolute Gasteiger partial charge is 0.194 e. The van der Waals surface area contributed by atoms with Crippen molar-refractivity contribution >= 4 is 33.1 Å². The van der Waals surface area contributed by atoms with E-state index in [-0.39, 0.29) is 6.10 Å². The molecule has 0 saturated heterocycles. The molecule has 0 aromatic carbocycles. The molecule has 0 atom stereocenters. The van der Waals surface area contributed by atoms with Crippen LogP contribution in [0.3, 0.4) is 0 Å². The van der Waals surface area contributed by atoms with E-state index in [1.54, 1.807) is 0 Å². The molecule has 0 amide bonds. The van der Waals surface area contributed by atoms with Gasteiger partial charge >= 0.3 is 0 Å². The van der Waals surface area contributed by atoms with Crippen LogP contribution >= 0.6 is 27.3 Å². The summed E-state index contributed by atoms with van der Waals surface area (Å²) in [5.74, 6) is 0.798. The van der Waals surface area contributed by atoms with Gasteiger partial charge in [-0.15, -0.1) is 11.3 Å². The van der Waals surface area contributed by atoms with E-state index in [4.69, 9.17) is 4.84 Å². The average molecular weight is 380 g/mol. The summed E-state index contributed by atoms with van der Waals surface area (Å²) in [7, 11) is 0. The van der Waals surface area contributed by atoms with Crippen molar-refractivity contribution in [2.75, 3.05) is 6.54 Å². The lowest BCUT2D eigenvalue weighted by Crippen LogP contribution is -2.36. The number of nitrogens with zero attached hydrogens (tertiary/aromatic N) is 3. The molecule has 3 rings (SSSR count). The summed E-state index contributed by atoms with van der Waals surface area (Å²) in [6.45, 7) is 5.74. The van der Waals surface area contributed by atoms with E-state index in [9.17, 15) is 0 Å². The Balaban J connectivity index is 1.91. The van der Waals surface area contributed by atoms with Crippen LogP contribution in [0, 0.1) is 0 Å². The summed E-state index contributed by atoms with van der Waals surface area (Å²) < 4.78 is 0.801. The Bertz CT molecular complexity index is 684. The number of oxime groups is 1. The van der Waals surface area contributed by atoms with Crippen molar-refractivity contribution in [2.45, 2.75) is 32.9 Å². The number of aromatic nitrogens is 1. The van der Waals surface area contributed by atoms with Crippen LogP contribution in [0.4, 0.5) is 0 Å². The quantitative estimate of drug-likeness (QED) is 0.349. The zero-order valence-corrected chi connectivity index (χ0v) is 15.0. The van der Waals surface area contributed by atoms with Gasteiger partial charge in [0.1, 0.15) is 16.4 Å². The van der Waals surface area contributed by atoms with Crippen LogP contribution in [0.2, 0.25) is 0 Å². The van der Waals surface area contributed by atoms with E-state index in [1.807, 2.05) is 43.4 Å². The summed E-state index contributed by atoms with van der Waals surface area (Å²) in [5.41, 5.74) is 2.21. The molecular weight excluding hydrogens is 362 g/mol. The average Bonchev–Trinajstić information content (AvgIpc) is 2.95. The predicted molar refractivity (Wildman–Crippen MR) is 93.1 cm³/mol. The van der Waals surface area contributed by atoms with Crippen LogP contribution in [0.5, 0.6) is 0 Å². The zero-order valence-electron chi connectivity index (χ0n) is 12.6. The lowest BCUT2D eigenvalue weighted by atomic mass is 10.1. The number of fused-ring (bicyclic) bond motifs is 1. The molecule has 4 nitrogen and oxygen atoms in total. The van der Waals surface area contributed by atoms with Crippen molar-refractivity contribution in [3.63, 3.8) is 0 Å². The molecule has 0 radical (unpaired) electrons. The highest BCUT2D eigenvalue weighted by Gasteiger charge is 2.23. The maximum atomic E-state index is 5.51. The van der Waals surface area contributed by atoms with Gasteiger partial charge in [-0.3, -0.25) is 0 Å². The SMILES string of the molecule is CC(C)O/N=C(/c1cccc(Br)n1)N1CCc2sccc2C1. The monoisotopic (exact) mass is 379 g/mol. The highest BCUT2D eigenvalue weighted by Crippen LogP contribution is 2.25. The molecule has 0 bridgehead atoms. The summed E-state index contributed by atoms with van der Waals surface area (Å²) in [6.07, 6.45) is 1.09. The van der Waals surface area contributed by atoms with E-state index in [0.29, 0.717) is 0 Å². The van der Waals surface area contributed by atoms with Gasteiger partial charge < -0.3 is 9.74 Å². The molecule has 22 heavy (non-hydrogen) atoms. The number of thiophene rings is 1. The molecular formula is C16H18BrN3OS. The fraction of sp³-hybridized carbons (Fsp3) is 0.375. The molecule has 0 spiro atoms. The van der Waals surface area contributed by atoms with Gasteiger partial charge in [-0.2, -0.15) is 0 Å². The molecule has 1 aliphatic rings. The number of rotatable bonds is 3. The lowest BCUT2D eigenvalue weighted by molar-refractivity contribution is 0.0821. The van der Waals surface area contributed by atoms with Crippen molar-refractivity contribution in [3.8, 4) is 0 Å². The molecule has 1 aliphatic heterocycles. The second-order valence-electron chi connectivity index (χ2n) is 5.46. The summed E-state index contributed by atoms with van der Waals surface area (Å²) >= 11 is 5.27. The lowest BCUT2D eigenvalue weighted by Gasteiger charge is -2.29. The van der Waals surface area contributed by atoms with Gasteiger partial charge in [0.05, 0.1) is 0 Å². The van der Waals surface area contributed by atoms with E-state index >= 15 is 0 Å². The maximum Gasteiger partial charge on any atom is 0.194 e. The van der Waals surface area contributed by atoms with E-state index in [2.05, 4.69) is 42.4 Å². The molecule has 0 N–H and O–H groups in total. The fourth-order valence-corrected chi connectivity index (χ4v) is 3.62. The van der Waals surface area contributed by atoms with Gasteiger partial charge in [0.25, 0.3) is 0 Å². The molecule has 3 heterocycles. The third kappa shape index (κ3) is 3.50. The second kappa shape index (κ2) is 6.79. The van der Waals surface area contributed by atoms with Gasteiger partial charge in [0.2, 0.25) is 0 Å². The topological polar surface area (TPSA) is 37.7 Å². The third-order valence-electron chi connectivity index (χ3n) is 3.40. The van der Waals surface area contributed by atoms with Crippen LogP contribution < -0.4 is 0 Å². The molecule has 2 aromatic rings.